The Morgan fingerprint density at radius 1 is 0.833 bits per heavy atom. The van der Waals surface area contributed by atoms with E-state index < -0.39 is 121 Å². The lowest BCUT2D eigenvalue weighted by atomic mass is 9.85. The number of ketones is 1. The van der Waals surface area contributed by atoms with E-state index in [4.69, 9.17) is 23.7 Å². The lowest BCUT2D eigenvalue weighted by Crippen LogP contribution is -2.61. The van der Waals surface area contributed by atoms with Gasteiger partial charge in [-0.3, -0.25) is 28.9 Å². The van der Waals surface area contributed by atoms with Crippen LogP contribution in [0.4, 0.5) is 10.5 Å². The molecule has 4 rings (SSSR count). The zero-order valence-electron chi connectivity index (χ0n) is 51.8. The number of carbonyl (C=O) groups is 7. The molecule has 2 aromatic carbocycles. The number of carboxylic acid groups (broad SMARTS) is 1. The van der Waals surface area contributed by atoms with E-state index in [0.717, 1.165) is 10.5 Å². The van der Waals surface area contributed by atoms with Gasteiger partial charge >= 0.3 is 12.1 Å². The van der Waals surface area contributed by atoms with Crippen LogP contribution in [0.1, 0.15) is 132 Å². The molecule has 2 aliphatic heterocycles. The third-order valence-corrected chi connectivity index (χ3v) is 16.1. The van der Waals surface area contributed by atoms with Gasteiger partial charge in [0.15, 0.2) is 6.10 Å². The van der Waals surface area contributed by atoms with Crippen LogP contribution in [0, 0.1) is 29.6 Å². The molecule has 15 atom stereocenters. The van der Waals surface area contributed by atoms with Crippen molar-refractivity contribution in [3.63, 3.8) is 0 Å². The Balaban J connectivity index is 1.49. The number of hydrogen-bond donors (Lipinski definition) is 8. The van der Waals surface area contributed by atoms with Crippen LogP contribution in [0.5, 0.6) is 5.75 Å². The van der Waals surface area contributed by atoms with Crippen molar-refractivity contribution < 1.29 is 82.8 Å². The molecule has 2 aromatic rings. The van der Waals surface area contributed by atoms with Crippen molar-refractivity contribution in [1.29, 1.82) is 0 Å². The molecule has 0 radical (unpaired) electrons. The molecular weight excluding hydrogens is 1090 g/mol. The molecule has 84 heavy (non-hydrogen) atoms. The molecule has 8 N–H and O–H groups in total. The van der Waals surface area contributed by atoms with Crippen molar-refractivity contribution in [2.75, 3.05) is 46.7 Å². The number of nitrogens with zero attached hydrogens (tertiary/aromatic N) is 3. The first-order valence-corrected chi connectivity index (χ1v) is 29.2. The van der Waals surface area contributed by atoms with Gasteiger partial charge in [0.1, 0.15) is 48.5 Å². The fraction of sp³-hybridized carbons (Fsp3) is 0.689. The number of hydrogen-bond acceptors (Lipinski definition) is 17. The third-order valence-electron chi connectivity index (χ3n) is 16.1. The molecule has 2 saturated heterocycles. The van der Waals surface area contributed by atoms with Gasteiger partial charge in [0.2, 0.25) is 29.9 Å². The second-order valence-electron chi connectivity index (χ2n) is 24.3. The predicted octanol–water partition coefficient (Wildman–Crippen LogP) is 4.66. The molecule has 2 fully saturated rings. The number of carboxylic acids is 1. The number of likely N-dealkylation sites (N-methyl/N-ethyl adjacent to an activating group) is 2. The summed E-state index contributed by atoms with van der Waals surface area (Å²) in [5, 5.41) is 60.7. The van der Waals surface area contributed by atoms with Crippen LogP contribution in [0.2, 0.25) is 0 Å². The van der Waals surface area contributed by atoms with E-state index in [1.807, 2.05) is 71.9 Å². The molecule has 472 valence electrons. The smallest absolute Gasteiger partial charge is 0.410 e. The fourth-order valence-corrected chi connectivity index (χ4v) is 11.1. The van der Waals surface area contributed by atoms with Gasteiger partial charge in [0.05, 0.1) is 42.5 Å². The second kappa shape index (κ2) is 32.1. The number of anilines is 1. The van der Waals surface area contributed by atoms with E-state index in [2.05, 4.69) is 16.0 Å². The van der Waals surface area contributed by atoms with E-state index in [1.54, 1.807) is 46.6 Å². The standard InChI is InChI=1S/C61H96N6O17/c1-16-35(6)49(44(80-14)31-46(70)67-28-20-23-41(67)54(81-15)37(8)42(68)29-36(7)50(71)39-21-18-17-19-22-39)65(12)57(76)47(33(2)3)64-56(75)48(34(4)5)66(13)60(79)82-32-38-24-25-43(40(30-38)63-45(69)26-27-62-61(9,10)11)83-59-53(74)51(72)52(73)55(84-59)58(77)78/h17-19,21-22,24-25,30,33-37,41,44,47-55,59,62,71-74H,16,20,23,26-29,31-32H2,1-15H3,(H,63,69)(H,64,75)(H,77,78)/t35-,36+,37+,41+,44?,47+,48?,49?,50-,51+,52?,53+,54-,55?,59?/m1/s1. The summed E-state index contributed by atoms with van der Waals surface area (Å²) < 4.78 is 28.9. The molecule has 0 spiro atoms. The van der Waals surface area contributed by atoms with Crippen LogP contribution in [-0.4, -0.2) is 196 Å². The van der Waals surface area contributed by atoms with E-state index in [1.165, 1.54) is 44.4 Å². The number of benzene rings is 2. The van der Waals surface area contributed by atoms with Crippen molar-refractivity contribution >= 4 is 47.2 Å². The Hall–Kier alpha value is -5.79. The third kappa shape index (κ3) is 18.9. The highest BCUT2D eigenvalue weighted by Gasteiger charge is 2.49. The number of Topliss-reactive ketones (excluding diaryl/α,β-unsaturated/α-hetero) is 1. The zero-order chi connectivity index (χ0) is 63.1. The Labute approximate surface area is 495 Å². The van der Waals surface area contributed by atoms with Crippen molar-refractivity contribution in [3.8, 4) is 5.75 Å². The van der Waals surface area contributed by atoms with Crippen LogP contribution in [0.25, 0.3) is 0 Å². The molecule has 0 aromatic heterocycles. The summed E-state index contributed by atoms with van der Waals surface area (Å²) in [6.45, 7) is 20.8. The van der Waals surface area contributed by atoms with Gasteiger partial charge in [-0.05, 0) is 80.5 Å². The van der Waals surface area contributed by atoms with E-state index in [9.17, 15) is 59.1 Å². The first kappa shape index (κ1) is 70.7. The van der Waals surface area contributed by atoms with Gasteiger partial charge in [-0.2, -0.15) is 0 Å². The average Bonchev–Trinajstić information content (AvgIpc) is 2.86. The topological polar surface area (TPSA) is 313 Å². The molecular formula is C61H96N6O17. The Morgan fingerprint density at radius 3 is 2.06 bits per heavy atom. The number of likely N-dealkylation sites (tertiary alicyclic amines) is 1. The largest absolute Gasteiger partial charge is 0.479 e. The number of aliphatic hydroxyl groups excluding tert-OH is 4. The minimum atomic E-state index is -1.97. The monoisotopic (exact) mass is 1180 g/mol. The molecule has 2 aliphatic rings. The van der Waals surface area contributed by atoms with Crippen LogP contribution >= 0.6 is 0 Å². The van der Waals surface area contributed by atoms with Crippen LogP contribution in [-0.2, 0) is 54.3 Å². The molecule has 5 amide bonds. The molecule has 23 heteroatoms. The molecule has 0 bridgehead atoms. The van der Waals surface area contributed by atoms with E-state index in [0.29, 0.717) is 37.9 Å². The summed E-state index contributed by atoms with van der Waals surface area (Å²) in [4.78, 5) is 101. The summed E-state index contributed by atoms with van der Waals surface area (Å²) in [6.07, 6.45) is -10.8. The van der Waals surface area contributed by atoms with Gasteiger partial charge in [0.25, 0.3) is 0 Å². The number of nitrogens with one attached hydrogen (secondary N) is 3. The summed E-state index contributed by atoms with van der Waals surface area (Å²) in [7, 11) is 6.05. The highest BCUT2D eigenvalue weighted by molar-refractivity contribution is 5.93. The Kier molecular flexibility index (Phi) is 27.0. The fourth-order valence-electron chi connectivity index (χ4n) is 11.1. The normalized spacial score (nSPS) is 22.4. The van der Waals surface area contributed by atoms with E-state index >= 15 is 0 Å². The van der Waals surface area contributed by atoms with Crippen LogP contribution in [0.3, 0.4) is 0 Å². The minimum Gasteiger partial charge on any atom is -0.479 e. The maximum absolute atomic E-state index is 14.8. The number of aliphatic carboxylic acids is 1. The number of carbonyl (C=O) groups excluding carboxylic acids is 6. The lowest BCUT2D eigenvalue weighted by molar-refractivity contribution is -0.271. The first-order chi connectivity index (χ1) is 39.4. The van der Waals surface area contributed by atoms with Crippen molar-refractivity contribution in [3.05, 3.63) is 59.7 Å². The van der Waals surface area contributed by atoms with Gasteiger partial charge < -0.3 is 75.0 Å². The van der Waals surface area contributed by atoms with Crippen LogP contribution in [0.15, 0.2) is 48.5 Å². The number of amides is 5. The quantitative estimate of drug-likeness (QED) is 0.0527. The maximum atomic E-state index is 14.8. The van der Waals surface area contributed by atoms with Crippen molar-refractivity contribution in [2.45, 2.75) is 200 Å². The zero-order valence-corrected chi connectivity index (χ0v) is 51.8. The van der Waals surface area contributed by atoms with Gasteiger partial charge in [0, 0.05) is 65.7 Å². The molecule has 2 heterocycles. The average molecular weight is 1190 g/mol. The Bertz CT molecular complexity index is 2490. The number of aliphatic hydroxyl groups is 4. The van der Waals surface area contributed by atoms with Gasteiger partial charge in [-0.1, -0.05) is 98.2 Å². The molecule has 0 saturated carbocycles. The van der Waals surface area contributed by atoms with E-state index in [-0.39, 0.29) is 66.4 Å². The number of ether oxygens (including phenoxy) is 5. The number of methoxy groups -OCH3 is 2. The molecule has 23 nitrogen and oxygen atoms in total. The summed E-state index contributed by atoms with van der Waals surface area (Å²) in [5.74, 6) is -5.65. The summed E-state index contributed by atoms with van der Waals surface area (Å²) in [5.41, 5.74) is 0.764. The van der Waals surface area contributed by atoms with Crippen molar-refractivity contribution in [1.82, 2.24) is 25.3 Å². The molecule has 0 aliphatic carbocycles. The predicted molar refractivity (Wildman–Crippen MR) is 312 cm³/mol. The maximum Gasteiger partial charge on any atom is 0.410 e. The number of rotatable bonds is 30. The van der Waals surface area contributed by atoms with Gasteiger partial charge in [-0.15, -0.1) is 0 Å². The lowest BCUT2D eigenvalue weighted by Gasteiger charge is -2.41. The molecule has 6 unspecified atom stereocenters. The summed E-state index contributed by atoms with van der Waals surface area (Å²) >= 11 is 0. The minimum absolute atomic E-state index is 0.00633. The SMILES string of the molecule is CC[C@@H](C)C(C(CC(=O)N1CCC[C@H]1[C@H](OC)[C@@H](C)C(=O)C[C@H](C)[C@@H](O)c1ccccc1)OC)N(C)C(=O)[C@@H](NC(=O)C(C(C)C)N(C)C(=O)OCc1ccc(OC2OC(C(=O)O)C(O)[C@H](O)[C@@H]2O)c(NC(=O)CCNC(C)(C)C)c1)C(C)C. The highest BCUT2D eigenvalue weighted by atomic mass is 16.7. The van der Waals surface area contributed by atoms with Gasteiger partial charge in [-0.25, -0.2) is 9.59 Å². The second-order valence-corrected chi connectivity index (χ2v) is 24.3. The summed E-state index contributed by atoms with van der Waals surface area (Å²) in [6, 6.07) is 10.1. The van der Waals surface area contributed by atoms with Crippen molar-refractivity contribution in [2.24, 2.45) is 29.6 Å². The van der Waals surface area contributed by atoms with Crippen LogP contribution < -0.4 is 20.7 Å². The highest BCUT2D eigenvalue weighted by Crippen LogP contribution is 2.34. The first-order valence-electron chi connectivity index (χ1n) is 29.2. The Morgan fingerprint density at radius 2 is 1.49 bits per heavy atom.